The second kappa shape index (κ2) is 7.38. The van der Waals surface area contributed by atoms with Crippen molar-refractivity contribution in [1.82, 2.24) is 0 Å². The molecule has 20 heavy (non-hydrogen) atoms. The van der Waals surface area contributed by atoms with Gasteiger partial charge in [-0.1, -0.05) is 46.0 Å². The Labute approximate surface area is 123 Å². The molecule has 0 aromatic heterocycles. The van der Waals surface area contributed by atoms with Gasteiger partial charge in [-0.25, -0.2) is 0 Å². The number of rotatable bonds is 1. The fraction of sp³-hybridized carbons (Fsp3) is 0.889. The lowest BCUT2D eigenvalue weighted by Gasteiger charge is -2.27. The molecule has 2 nitrogen and oxygen atoms in total. The van der Waals surface area contributed by atoms with Crippen LogP contribution in [0, 0.1) is 23.7 Å². The zero-order chi connectivity index (χ0) is 14.5. The molecule has 0 unspecified atom stereocenters. The predicted molar refractivity (Wildman–Crippen MR) is 81.5 cm³/mol. The lowest BCUT2D eigenvalue weighted by Crippen LogP contribution is -2.25. The van der Waals surface area contributed by atoms with Crippen LogP contribution in [0.4, 0.5) is 0 Å². The molecule has 0 amide bonds. The molecule has 0 N–H and O–H groups in total. The Hall–Kier alpha value is -0.660. The van der Waals surface area contributed by atoms with Crippen LogP contribution in [0.1, 0.15) is 78.1 Å². The highest BCUT2D eigenvalue weighted by Crippen LogP contribution is 2.44. The van der Waals surface area contributed by atoms with Gasteiger partial charge in [-0.05, 0) is 30.6 Å². The average molecular weight is 278 g/mol. The summed E-state index contributed by atoms with van der Waals surface area (Å²) in [6, 6.07) is 0. The molecule has 0 heterocycles. The highest BCUT2D eigenvalue weighted by Gasteiger charge is 2.43. The molecule has 2 aliphatic rings. The van der Waals surface area contributed by atoms with E-state index in [9.17, 15) is 9.59 Å². The van der Waals surface area contributed by atoms with Crippen molar-refractivity contribution >= 4 is 11.6 Å². The van der Waals surface area contributed by atoms with Crippen molar-refractivity contribution in [3.63, 3.8) is 0 Å². The number of carbonyl (C=O) groups is 2. The molecule has 2 bridgehead atoms. The Morgan fingerprint density at radius 2 is 1.55 bits per heavy atom. The molecule has 2 heteroatoms. The molecule has 2 rings (SSSR count). The van der Waals surface area contributed by atoms with Crippen molar-refractivity contribution in [3.8, 4) is 0 Å². The van der Waals surface area contributed by atoms with Gasteiger partial charge in [0.05, 0.1) is 0 Å². The van der Waals surface area contributed by atoms with Crippen molar-refractivity contribution in [2.75, 3.05) is 0 Å². The van der Waals surface area contributed by atoms with E-state index in [0.717, 1.165) is 12.8 Å². The Balaban J connectivity index is 2.10. The zero-order valence-electron chi connectivity index (χ0n) is 13.2. The SMILES string of the molecule is CC(C)[C@@H]1[C@H]2CCCCCCCCC(=O)C[C@@H]1C(=O)C2. The predicted octanol–water partition coefficient (Wildman–Crippen LogP) is 4.56. The molecular weight excluding hydrogens is 248 g/mol. The van der Waals surface area contributed by atoms with E-state index in [1.807, 2.05) is 0 Å². The zero-order valence-corrected chi connectivity index (χ0v) is 13.2. The minimum absolute atomic E-state index is 0.0354. The molecule has 0 aromatic carbocycles. The van der Waals surface area contributed by atoms with E-state index >= 15 is 0 Å². The van der Waals surface area contributed by atoms with Crippen molar-refractivity contribution in [2.24, 2.45) is 23.7 Å². The quantitative estimate of drug-likeness (QED) is 0.704. The second-order valence-corrected chi connectivity index (χ2v) is 7.26. The van der Waals surface area contributed by atoms with E-state index in [1.165, 1.54) is 38.5 Å². The fourth-order valence-corrected chi connectivity index (χ4v) is 4.43. The molecule has 0 aromatic rings. The summed E-state index contributed by atoms with van der Waals surface area (Å²) in [4.78, 5) is 24.5. The number of hydrogen-bond donors (Lipinski definition) is 0. The Morgan fingerprint density at radius 3 is 2.25 bits per heavy atom. The summed E-state index contributed by atoms with van der Waals surface area (Å²) in [7, 11) is 0. The molecule has 0 aliphatic heterocycles. The molecule has 2 saturated carbocycles. The van der Waals surface area contributed by atoms with Gasteiger partial charge in [-0.2, -0.15) is 0 Å². The van der Waals surface area contributed by atoms with Gasteiger partial charge in [0.1, 0.15) is 11.6 Å². The maximum atomic E-state index is 12.3. The van der Waals surface area contributed by atoms with Crippen LogP contribution >= 0.6 is 0 Å². The first-order valence-electron chi connectivity index (χ1n) is 8.64. The summed E-state index contributed by atoms with van der Waals surface area (Å²) >= 11 is 0. The van der Waals surface area contributed by atoms with Gasteiger partial charge < -0.3 is 0 Å². The van der Waals surface area contributed by atoms with Gasteiger partial charge in [0.15, 0.2) is 0 Å². The summed E-state index contributed by atoms with van der Waals surface area (Å²) in [5.74, 6) is 2.25. The van der Waals surface area contributed by atoms with Crippen LogP contribution in [0.25, 0.3) is 0 Å². The lowest BCUT2D eigenvalue weighted by molar-refractivity contribution is -0.127. The Bertz CT molecular complexity index is 345. The largest absolute Gasteiger partial charge is 0.300 e. The van der Waals surface area contributed by atoms with Gasteiger partial charge in [-0.3, -0.25) is 9.59 Å². The van der Waals surface area contributed by atoms with E-state index in [-0.39, 0.29) is 5.92 Å². The summed E-state index contributed by atoms with van der Waals surface area (Å²) in [6.07, 6.45) is 10.5. The van der Waals surface area contributed by atoms with Gasteiger partial charge >= 0.3 is 0 Å². The molecule has 2 fully saturated rings. The van der Waals surface area contributed by atoms with Gasteiger partial charge in [-0.15, -0.1) is 0 Å². The molecule has 0 spiro atoms. The third-order valence-corrected chi connectivity index (χ3v) is 5.38. The summed E-state index contributed by atoms with van der Waals surface area (Å²) < 4.78 is 0. The molecule has 0 radical (unpaired) electrons. The van der Waals surface area contributed by atoms with Crippen LogP contribution in [-0.4, -0.2) is 11.6 Å². The van der Waals surface area contributed by atoms with E-state index in [4.69, 9.17) is 0 Å². The number of carbonyl (C=O) groups excluding carboxylic acids is 2. The highest BCUT2D eigenvalue weighted by molar-refractivity contribution is 5.89. The second-order valence-electron chi connectivity index (χ2n) is 7.26. The Kier molecular flexibility index (Phi) is 5.80. The Morgan fingerprint density at radius 1 is 0.900 bits per heavy atom. The number of ketones is 2. The molecule has 0 saturated heterocycles. The van der Waals surface area contributed by atoms with Crippen LogP contribution in [-0.2, 0) is 9.59 Å². The minimum atomic E-state index is 0.0354. The van der Waals surface area contributed by atoms with Crippen LogP contribution in [0.3, 0.4) is 0 Å². The highest BCUT2D eigenvalue weighted by atomic mass is 16.1. The first-order valence-corrected chi connectivity index (χ1v) is 8.64. The third-order valence-electron chi connectivity index (χ3n) is 5.38. The first kappa shape index (κ1) is 15.7. The van der Waals surface area contributed by atoms with E-state index in [1.54, 1.807) is 0 Å². The lowest BCUT2D eigenvalue weighted by atomic mass is 9.76. The molecular formula is C18H30O2. The maximum Gasteiger partial charge on any atom is 0.137 e. The van der Waals surface area contributed by atoms with E-state index in [2.05, 4.69) is 13.8 Å². The minimum Gasteiger partial charge on any atom is -0.300 e. The molecule has 114 valence electrons. The van der Waals surface area contributed by atoms with E-state index in [0.29, 0.717) is 42.2 Å². The topological polar surface area (TPSA) is 34.1 Å². The normalized spacial score (nSPS) is 33.6. The monoisotopic (exact) mass is 278 g/mol. The van der Waals surface area contributed by atoms with Crippen LogP contribution in [0.2, 0.25) is 0 Å². The first-order chi connectivity index (χ1) is 9.59. The summed E-state index contributed by atoms with van der Waals surface area (Å²) in [5.41, 5.74) is 0. The average Bonchev–Trinajstić information content (AvgIpc) is 2.69. The maximum absolute atomic E-state index is 12.3. The molecule has 3 atom stereocenters. The third kappa shape index (κ3) is 3.93. The number of hydrogen-bond acceptors (Lipinski definition) is 2. The number of Topliss-reactive ketones (excluding diaryl/α,β-unsaturated/α-hetero) is 2. The summed E-state index contributed by atoms with van der Waals surface area (Å²) in [6.45, 7) is 4.46. The van der Waals surface area contributed by atoms with Crippen molar-refractivity contribution in [2.45, 2.75) is 78.1 Å². The van der Waals surface area contributed by atoms with Crippen LogP contribution in [0.5, 0.6) is 0 Å². The van der Waals surface area contributed by atoms with Crippen molar-refractivity contribution in [1.29, 1.82) is 0 Å². The van der Waals surface area contributed by atoms with Gasteiger partial charge in [0, 0.05) is 25.2 Å². The van der Waals surface area contributed by atoms with Gasteiger partial charge in [0.25, 0.3) is 0 Å². The summed E-state index contributed by atoms with van der Waals surface area (Å²) in [5, 5.41) is 0. The van der Waals surface area contributed by atoms with E-state index < -0.39 is 0 Å². The number of fused-ring (bicyclic) bond motifs is 2. The smallest absolute Gasteiger partial charge is 0.137 e. The van der Waals surface area contributed by atoms with Crippen molar-refractivity contribution in [3.05, 3.63) is 0 Å². The standard InChI is InChI=1S/C18H30O2/c1-13(2)18-14-9-7-5-3-4-6-8-10-15(19)12-16(18)17(20)11-14/h13-14,16,18H,3-12H2,1-2H3/t14-,16+,18+/m0/s1. The molecule has 2 aliphatic carbocycles. The fourth-order valence-electron chi connectivity index (χ4n) is 4.43. The van der Waals surface area contributed by atoms with Crippen LogP contribution < -0.4 is 0 Å². The van der Waals surface area contributed by atoms with Crippen LogP contribution in [0.15, 0.2) is 0 Å². The van der Waals surface area contributed by atoms with Crippen molar-refractivity contribution < 1.29 is 9.59 Å². The van der Waals surface area contributed by atoms with Gasteiger partial charge in [0.2, 0.25) is 0 Å².